The Bertz CT molecular complexity index is 471. The Hall–Kier alpha value is -1.05. The smallest absolute Gasteiger partial charge is 0.220 e. The van der Waals surface area contributed by atoms with E-state index in [-0.39, 0.29) is 6.04 Å². The van der Waals surface area contributed by atoms with Gasteiger partial charge in [-0.15, -0.1) is 0 Å². The van der Waals surface area contributed by atoms with Gasteiger partial charge in [-0.05, 0) is 26.3 Å². The number of nitrogens with zero attached hydrogens (tertiary/aromatic N) is 2. The van der Waals surface area contributed by atoms with E-state index in [1.165, 1.54) is 18.6 Å². The summed E-state index contributed by atoms with van der Waals surface area (Å²) < 4.78 is 26.8. The van der Waals surface area contributed by atoms with Crippen LogP contribution in [0.3, 0.4) is 0 Å². The summed E-state index contributed by atoms with van der Waals surface area (Å²) in [5.41, 5.74) is 0.462. The molecular formula is C11H18N4O2S. The molecule has 1 fully saturated rings. The number of rotatable bonds is 5. The van der Waals surface area contributed by atoms with Crippen molar-refractivity contribution in [3.63, 3.8) is 0 Å². The summed E-state index contributed by atoms with van der Waals surface area (Å²) in [6, 6.07) is 0.244. The maximum atomic E-state index is 12.1. The van der Waals surface area contributed by atoms with Crippen LogP contribution in [-0.4, -0.2) is 37.5 Å². The van der Waals surface area contributed by atoms with Crippen molar-refractivity contribution in [2.24, 2.45) is 0 Å². The van der Waals surface area contributed by atoms with Gasteiger partial charge < -0.3 is 5.32 Å². The van der Waals surface area contributed by atoms with Crippen LogP contribution < -0.4 is 10.0 Å². The van der Waals surface area contributed by atoms with Crippen LogP contribution in [0, 0.1) is 0 Å². The Labute approximate surface area is 107 Å². The fourth-order valence-electron chi connectivity index (χ4n) is 1.95. The molecule has 2 rings (SSSR count). The van der Waals surface area contributed by atoms with Gasteiger partial charge in [0, 0.05) is 31.2 Å². The van der Waals surface area contributed by atoms with Crippen LogP contribution in [-0.2, 0) is 10.0 Å². The van der Waals surface area contributed by atoms with Crippen molar-refractivity contribution in [1.29, 1.82) is 0 Å². The minimum Gasteiger partial charge on any atom is -0.313 e. The molecule has 0 unspecified atom stereocenters. The van der Waals surface area contributed by atoms with E-state index in [1.807, 2.05) is 0 Å². The first-order valence-electron chi connectivity index (χ1n) is 6.07. The Morgan fingerprint density at radius 2 is 2.39 bits per heavy atom. The predicted octanol–water partition coefficient (Wildman–Crippen LogP) is 0.209. The molecule has 18 heavy (non-hydrogen) atoms. The van der Waals surface area contributed by atoms with E-state index in [0.29, 0.717) is 12.2 Å². The van der Waals surface area contributed by atoms with Gasteiger partial charge in [-0.2, -0.15) is 0 Å². The maximum absolute atomic E-state index is 12.1. The van der Waals surface area contributed by atoms with E-state index in [2.05, 4.69) is 20.0 Å². The van der Waals surface area contributed by atoms with Gasteiger partial charge in [0.15, 0.2) is 0 Å². The molecule has 0 spiro atoms. The zero-order valence-corrected chi connectivity index (χ0v) is 11.2. The maximum Gasteiger partial charge on any atom is 0.220 e. The van der Waals surface area contributed by atoms with Gasteiger partial charge in [-0.25, -0.2) is 13.1 Å². The topological polar surface area (TPSA) is 84.0 Å². The first-order valence-corrected chi connectivity index (χ1v) is 7.62. The average molecular weight is 270 g/mol. The number of aromatic nitrogens is 2. The first kappa shape index (κ1) is 13.4. The Kier molecular flexibility index (Phi) is 4.26. The number of sulfonamides is 1. The molecule has 2 atom stereocenters. The van der Waals surface area contributed by atoms with Crippen LogP contribution in [0.4, 0.5) is 0 Å². The van der Waals surface area contributed by atoms with Crippen molar-refractivity contribution in [3.05, 3.63) is 24.3 Å². The third-order valence-electron chi connectivity index (χ3n) is 3.16. The SMILES string of the molecule is C[C@@H](c1cnccn1)S(=O)(=O)NC[C@H]1CCCN1. The normalized spacial score (nSPS) is 21.9. The van der Waals surface area contributed by atoms with Gasteiger partial charge >= 0.3 is 0 Å². The monoisotopic (exact) mass is 270 g/mol. The molecule has 2 heterocycles. The van der Waals surface area contributed by atoms with Crippen LogP contribution in [0.2, 0.25) is 0 Å². The third kappa shape index (κ3) is 3.24. The van der Waals surface area contributed by atoms with Crippen molar-refractivity contribution in [2.45, 2.75) is 31.1 Å². The predicted molar refractivity (Wildman–Crippen MR) is 68.4 cm³/mol. The van der Waals surface area contributed by atoms with E-state index in [9.17, 15) is 8.42 Å². The standard InChI is InChI=1S/C11H18N4O2S/c1-9(11-8-12-5-6-14-11)18(16,17)15-7-10-3-2-4-13-10/h5-6,8-10,13,15H,2-4,7H2,1H3/t9-,10+/m0/s1. The molecule has 2 N–H and O–H groups in total. The molecule has 0 radical (unpaired) electrons. The lowest BCUT2D eigenvalue weighted by Crippen LogP contribution is -2.38. The summed E-state index contributed by atoms with van der Waals surface area (Å²) in [6.45, 7) is 3.02. The van der Waals surface area contributed by atoms with Crippen LogP contribution in [0.5, 0.6) is 0 Å². The molecule has 1 aliphatic heterocycles. The Morgan fingerprint density at radius 1 is 1.56 bits per heavy atom. The number of hydrogen-bond acceptors (Lipinski definition) is 5. The van der Waals surface area contributed by atoms with Crippen molar-refractivity contribution < 1.29 is 8.42 Å². The zero-order valence-electron chi connectivity index (χ0n) is 10.3. The number of nitrogens with one attached hydrogen (secondary N) is 2. The average Bonchev–Trinajstić information content (AvgIpc) is 2.90. The van der Waals surface area contributed by atoms with Gasteiger partial charge in [-0.1, -0.05) is 0 Å². The molecular weight excluding hydrogens is 252 g/mol. The summed E-state index contributed by atoms with van der Waals surface area (Å²) in [4.78, 5) is 7.92. The van der Waals surface area contributed by atoms with E-state index < -0.39 is 15.3 Å². The Balaban J connectivity index is 1.97. The second-order valence-corrected chi connectivity index (χ2v) is 6.55. The van der Waals surface area contributed by atoms with Crippen LogP contribution in [0.25, 0.3) is 0 Å². The molecule has 1 saturated heterocycles. The molecule has 1 aromatic heterocycles. The number of hydrogen-bond donors (Lipinski definition) is 2. The summed E-state index contributed by atoms with van der Waals surface area (Å²) >= 11 is 0. The minimum atomic E-state index is -3.39. The molecule has 6 nitrogen and oxygen atoms in total. The van der Waals surface area contributed by atoms with Crippen molar-refractivity contribution >= 4 is 10.0 Å². The quantitative estimate of drug-likeness (QED) is 0.799. The van der Waals surface area contributed by atoms with E-state index in [0.717, 1.165) is 19.4 Å². The molecule has 100 valence electrons. The summed E-state index contributed by atoms with van der Waals surface area (Å²) in [6.07, 6.45) is 6.63. The molecule has 7 heteroatoms. The van der Waals surface area contributed by atoms with Gasteiger partial charge in [0.2, 0.25) is 10.0 Å². The molecule has 1 aliphatic rings. The van der Waals surface area contributed by atoms with E-state index in [4.69, 9.17) is 0 Å². The molecule has 0 saturated carbocycles. The minimum absolute atomic E-state index is 0.244. The van der Waals surface area contributed by atoms with Gasteiger partial charge in [0.25, 0.3) is 0 Å². The largest absolute Gasteiger partial charge is 0.313 e. The first-order chi connectivity index (χ1) is 8.59. The van der Waals surface area contributed by atoms with E-state index >= 15 is 0 Å². The summed E-state index contributed by atoms with van der Waals surface area (Å²) in [5.74, 6) is 0. The molecule has 0 bridgehead atoms. The highest BCUT2D eigenvalue weighted by atomic mass is 32.2. The fourth-order valence-corrected chi connectivity index (χ4v) is 3.08. The van der Waals surface area contributed by atoms with Gasteiger partial charge in [-0.3, -0.25) is 9.97 Å². The second-order valence-electron chi connectivity index (χ2n) is 4.46. The van der Waals surface area contributed by atoms with E-state index in [1.54, 1.807) is 6.92 Å². The Morgan fingerprint density at radius 3 is 3.00 bits per heavy atom. The lowest BCUT2D eigenvalue weighted by Gasteiger charge is -2.16. The molecule has 0 aromatic carbocycles. The van der Waals surface area contributed by atoms with Gasteiger partial charge in [0.1, 0.15) is 5.25 Å². The van der Waals surface area contributed by atoms with Crippen molar-refractivity contribution in [2.75, 3.05) is 13.1 Å². The van der Waals surface area contributed by atoms with Crippen molar-refractivity contribution in [3.8, 4) is 0 Å². The summed E-state index contributed by atoms with van der Waals surface area (Å²) in [7, 11) is -3.39. The molecule has 1 aromatic rings. The highest BCUT2D eigenvalue weighted by Gasteiger charge is 2.25. The molecule has 0 amide bonds. The third-order valence-corrected chi connectivity index (χ3v) is 4.90. The zero-order chi connectivity index (χ0) is 13.0. The van der Waals surface area contributed by atoms with Crippen LogP contribution in [0.1, 0.15) is 30.7 Å². The lowest BCUT2D eigenvalue weighted by atomic mass is 10.2. The van der Waals surface area contributed by atoms with Crippen molar-refractivity contribution in [1.82, 2.24) is 20.0 Å². The van der Waals surface area contributed by atoms with Crippen LogP contribution in [0.15, 0.2) is 18.6 Å². The second kappa shape index (κ2) is 5.73. The lowest BCUT2D eigenvalue weighted by molar-refractivity contribution is 0.543. The summed E-state index contributed by atoms with van der Waals surface area (Å²) in [5, 5.41) is 2.57. The van der Waals surface area contributed by atoms with Gasteiger partial charge in [0.05, 0.1) is 5.69 Å². The van der Waals surface area contributed by atoms with Crippen LogP contribution >= 0.6 is 0 Å². The highest BCUT2D eigenvalue weighted by Crippen LogP contribution is 2.17. The fraction of sp³-hybridized carbons (Fsp3) is 0.636. The molecule has 0 aliphatic carbocycles. The highest BCUT2D eigenvalue weighted by molar-refractivity contribution is 7.89.